The molecule has 1 aliphatic carbocycles. The van der Waals surface area contributed by atoms with Crippen LogP contribution in [0.3, 0.4) is 0 Å². The number of hydrogen-bond donors (Lipinski definition) is 1. The van der Waals surface area contributed by atoms with Gasteiger partial charge in [-0.3, -0.25) is 4.79 Å². The lowest BCUT2D eigenvalue weighted by Crippen LogP contribution is -2.36. The van der Waals surface area contributed by atoms with E-state index < -0.39 is 11.4 Å². The second-order valence-corrected chi connectivity index (χ2v) is 4.89. The first-order valence-corrected chi connectivity index (χ1v) is 5.89. The summed E-state index contributed by atoms with van der Waals surface area (Å²) in [4.78, 5) is 11.4. The molecule has 16 heavy (non-hydrogen) atoms. The molecule has 2 heteroatoms. The molecule has 0 saturated heterocycles. The van der Waals surface area contributed by atoms with Crippen LogP contribution < -0.4 is 0 Å². The van der Waals surface area contributed by atoms with Gasteiger partial charge in [0.2, 0.25) is 0 Å². The number of hydrogen-bond acceptors (Lipinski definition) is 1. The van der Waals surface area contributed by atoms with Crippen molar-refractivity contribution in [3.05, 3.63) is 34.9 Å². The Morgan fingerprint density at radius 2 is 2.19 bits per heavy atom. The van der Waals surface area contributed by atoms with Gasteiger partial charge in [-0.2, -0.15) is 0 Å². The van der Waals surface area contributed by atoms with E-state index in [9.17, 15) is 9.90 Å². The monoisotopic (exact) mass is 218 g/mol. The molecule has 2 nitrogen and oxygen atoms in total. The van der Waals surface area contributed by atoms with Gasteiger partial charge in [0.05, 0.1) is 5.41 Å². The van der Waals surface area contributed by atoms with Crippen LogP contribution in [0.1, 0.15) is 36.5 Å². The minimum absolute atomic E-state index is 0.527. The third-order valence-corrected chi connectivity index (χ3v) is 3.89. The van der Waals surface area contributed by atoms with Crippen LogP contribution in [0.4, 0.5) is 0 Å². The fourth-order valence-electron chi connectivity index (χ4n) is 2.63. The molecule has 2 rings (SSSR count). The second kappa shape index (κ2) is 3.93. The first kappa shape index (κ1) is 11.2. The first-order valence-electron chi connectivity index (χ1n) is 5.89. The van der Waals surface area contributed by atoms with Gasteiger partial charge in [-0.15, -0.1) is 0 Å². The van der Waals surface area contributed by atoms with E-state index in [2.05, 4.69) is 25.1 Å². The topological polar surface area (TPSA) is 37.3 Å². The van der Waals surface area contributed by atoms with E-state index in [1.54, 1.807) is 0 Å². The van der Waals surface area contributed by atoms with Crippen LogP contribution in [0.15, 0.2) is 18.2 Å². The molecule has 86 valence electrons. The molecule has 1 N–H and O–H groups in total. The third-order valence-electron chi connectivity index (χ3n) is 3.89. The van der Waals surface area contributed by atoms with Gasteiger partial charge in [-0.1, -0.05) is 30.7 Å². The fourth-order valence-corrected chi connectivity index (χ4v) is 2.63. The Labute approximate surface area is 96.3 Å². The zero-order chi connectivity index (χ0) is 11.8. The van der Waals surface area contributed by atoms with Gasteiger partial charge < -0.3 is 5.11 Å². The number of carboxylic acids is 1. The van der Waals surface area contributed by atoms with Crippen molar-refractivity contribution in [3.8, 4) is 0 Å². The summed E-state index contributed by atoms with van der Waals surface area (Å²) in [7, 11) is 0. The summed E-state index contributed by atoms with van der Waals surface area (Å²) in [5.41, 5.74) is 3.25. The van der Waals surface area contributed by atoms with Crippen molar-refractivity contribution in [2.24, 2.45) is 5.41 Å². The highest BCUT2D eigenvalue weighted by molar-refractivity contribution is 5.75. The zero-order valence-electron chi connectivity index (χ0n) is 9.92. The van der Waals surface area contributed by atoms with Crippen molar-refractivity contribution in [1.29, 1.82) is 0 Å². The minimum atomic E-state index is -0.637. The van der Waals surface area contributed by atoms with Gasteiger partial charge in [-0.25, -0.2) is 0 Å². The summed E-state index contributed by atoms with van der Waals surface area (Å²) in [6.45, 7) is 4.04. The number of rotatable bonds is 2. The Kier molecular flexibility index (Phi) is 2.75. The van der Waals surface area contributed by atoms with Crippen LogP contribution >= 0.6 is 0 Å². The molecule has 1 unspecified atom stereocenters. The maximum absolute atomic E-state index is 11.4. The number of benzene rings is 1. The molecule has 0 heterocycles. The zero-order valence-corrected chi connectivity index (χ0v) is 9.92. The molecule has 1 aromatic carbocycles. The van der Waals surface area contributed by atoms with Gasteiger partial charge in [0.25, 0.3) is 0 Å². The normalized spacial score (nSPS) is 23.9. The molecule has 0 bridgehead atoms. The molecular weight excluding hydrogens is 200 g/mol. The lowest BCUT2D eigenvalue weighted by atomic mass is 9.70. The number of carbonyl (C=O) groups is 1. The Morgan fingerprint density at radius 3 is 2.81 bits per heavy atom. The van der Waals surface area contributed by atoms with Crippen molar-refractivity contribution in [1.82, 2.24) is 0 Å². The van der Waals surface area contributed by atoms with Crippen LogP contribution in [-0.4, -0.2) is 11.1 Å². The maximum atomic E-state index is 11.4. The highest BCUT2D eigenvalue weighted by atomic mass is 16.4. The number of aliphatic carboxylic acids is 1. The van der Waals surface area contributed by atoms with Crippen molar-refractivity contribution in [3.63, 3.8) is 0 Å². The molecule has 0 amide bonds. The lowest BCUT2D eigenvalue weighted by molar-refractivity contribution is -0.150. The van der Waals surface area contributed by atoms with Gasteiger partial charge in [-0.05, 0) is 43.7 Å². The highest BCUT2D eigenvalue weighted by Crippen LogP contribution is 2.38. The molecule has 0 fully saturated rings. The Balaban J connectivity index is 2.38. The van der Waals surface area contributed by atoms with Gasteiger partial charge >= 0.3 is 5.97 Å². The molecule has 0 spiro atoms. The maximum Gasteiger partial charge on any atom is 0.309 e. The van der Waals surface area contributed by atoms with E-state index in [-0.39, 0.29) is 0 Å². The van der Waals surface area contributed by atoms with Crippen LogP contribution in [-0.2, 0) is 17.6 Å². The molecule has 0 aliphatic heterocycles. The minimum Gasteiger partial charge on any atom is -0.481 e. The highest BCUT2D eigenvalue weighted by Gasteiger charge is 2.39. The molecule has 0 radical (unpaired) electrons. The molecule has 1 aliphatic rings. The predicted octanol–water partition coefficient (Wildman–Crippen LogP) is 2.96. The molecular formula is C14H18O2. The van der Waals surface area contributed by atoms with Crippen LogP contribution in [0.2, 0.25) is 0 Å². The van der Waals surface area contributed by atoms with Crippen molar-refractivity contribution < 1.29 is 9.90 Å². The van der Waals surface area contributed by atoms with E-state index in [1.807, 2.05) is 6.92 Å². The van der Waals surface area contributed by atoms with Crippen molar-refractivity contribution >= 4 is 5.97 Å². The Hall–Kier alpha value is -1.31. The predicted molar refractivity (Wildman–Crippen MR) is 63.6 cm³/mol. The lowest BCUT2D eigenvalue weighted by Gasteiger charge is -2.33. The first-order chi connectivity index (χ1) is 7.57. The second-order valence-electron chi connectivity index (χ2n) is 4.89. The van der Waals surface area contributed by atoms with Crippen LogP contribution in [0, 0.1) is 12.3 Å². The van der Waals surface area contributed by atoms with Crippen molar-refractivity contribution in [2.75, 3.05) is 0 Å². The molecule has 1 aromatic rings. The van der Waals surface area contributed by atoms with E-state index in [4.69, 9.17) is 0 Å². The van der Waals surface area contributed by atoms with E-state index in [0.29, 0.717) is 6.42 Å². The Bertz CT molecular complexity index is 423. The average Bonchev–Trinajstić information content (AvgIpc) is 2.27. The van der Waals surface area contributed by atoms with E-state index >= 15 is 0 Å². The van der Waals surface area contributed by atoms with Gasteiger partial charge in [0.15, 0.2) is 0 Å². The molecule has 0 aromatic heterocycles. The Morgan fingerprint density at radius 1 is 1.44 bits per heavy atom. The number of carboxylic acid groups (broad SMARTS) is 1. The van der Waals surface area contributed by atoms with Crippen LogP contribution in [0.25, 0.3) is 0 Å². The van der Waals surface area contributed by atoms with E-state index in [1.165, 1.54) is 16.7 Å². The smallest absolute Gasteiger partial charge is 0.309 e. The summed E-state index contributed by atoms with van der Waals surface area (Å²) in [6, 6.07) is 6.40. The summed E-state index contributed by atoms with van der Waals surface area (Å²) >= 11 is 0. The largest absolute Gasteiger partial charge is 0.481 e. The summed E-state index contributed by atoms with van der Waals surface area (Å²) < 4.78 is 0. The molecule has 1 atom stereocenters. The summed E-state index contributed by atoms with van der Waals surface area (Å²) in [5.74, 6) is -0.637. The van der Waals surface area contributed by atoms with Crippen molar-refractivity contribution in [2.45, 2.75) is 39.5 Å². The van der Waals surface area contributed by atoms with E-state index in [0.717, 1.165) is 19.3 Å². The SMILES string of the molecule is CCC1(C(=O)O)CCc2ccc(C)cc2C1. The standard InChI is InChI=1S/C14H18O2/c1-3-14(13(15)16)7-6-11-5-4-10(2)8-12(11)9-14/h4-5,8H,3,6-7,9H2,1-2H3,(H,15,16). The average molecular weight is 218 g/mol. The summed E-state index contributed by atoms with van der Waals surface area (Å²) in [6.07, 6.45) is 3.08. The van der Waals surface area contributed by atoms with Gasteiger partial charge in [0.1, 0.15) is 0 Å². The third kappa shape index (κ3) is 1.73. The number of aryl methyl sites for hydroxylation is 2. The van der Waals surface area contributed by atoms with Crippen LogP contribution in [0.5, 0.6) is 0 Å². The molecule has 0 saturated carbocycles. The summed E-state index contributed by atoms with van der Waals surface area (Å²) in [5, 5.41) is 9.38. The quantitative estimate of drug-likeness (QED) is 0.828. The van der Waals surface area contributed by atoms with Gasteiger partial charge in [0, 0.05) is 0 Å². The number of fused-ring (bicyclic) bond motifs is 1. The fraction of sp³-hybridized carbons (Fsp3) is 0.500.